The minimum Gasteiger partial charge on any atom is -0.478 e. The van der Waals surface area contributed by atoms with Crippen molar-refractivity contribution in [3.63, 3.8) is 0 Å². The maximum absolute atomic E-state index is 13.4. The van der Waals surface area contributed by atoms with Gasteiger partial charge in [-0.2, -0.15) is 0 Å². The lowest BCUT2D eigenvalue weighted by atomic mass is 9.69. The Hall–Kier alpha value is -3.97. The number of rotatable bonds is 8. The number of benzene rings is 3. The predicted octanol–water partition coefficient (Wildman–Crippen LogP) is 5.05. The van der Waals surface area contributed by atoms with E-state index in [1.165, 1.54) is 12.1 Å². The smallest absolute Gasteiger partial charge is 0.335 e. The molecular formula is C28H27NO6. The highest BCUT2D eigenvalue weighted by atomic mass is 16.6. The molecular weight excluding hydrogens is 446 g/mol. The van der Waals surface area contributed by atoms with Crippen LogP contribution in [0.25, 0.3) is 0 Å². The van der Waals surface area contributed by atoms with Crippen LogP contribution in [0.2, 0.25) is 0 Å². The first kappa shape index (κ1) is 24.2. The maximum Gasteiger partial charge on any atom is 0.335 e. The van der Waals surface area contributed by atoms with Gasteiger partial charge < -0.3 is 9.84 Å². The second-order valence-corrected chi connectivity index (χ2v) is 8.64. The first-order valence-electron chi connectivity index (χ1n) is 11.6. The molecule has 0 aliphatic heterocycles. The lowest BCUT2D eigenvalue weighted by molar-refractivity contribution is -0.142. The van der Waals surface area contributed by atoms with E-state index in [4.69, 9.17) is 9.57 Å². The van der Waals surface area contributed by atoms with Crippen molar-refractivity contribution in [1.82, 2.24) is 5.48 Å². The van der Waals surface area contributed by atoms with Gasteiger partial charge >= 0.3 is 11.9 Å². The van der Waals surface area contributed by atoms with Crippen molar-refractivity contribution < 1.29 is 29.1 Å². The Bertz CT molecular complexity index is 1170. The van der Waals surface area contributed by atoms with Crippen molar-refractivity contribution in [2.24, 2.45) is 0 Å². The van der Waals surface area contributed by atoms with Crippen molar-refractivity contribution in [1.29, 1.82) is 0 Å². The SMILES string of the molecule is O=C(O)c1ccc(C2(C(=O)Oc3ccc(C(=O)NOCc4ccccc4)cc3)CCCCC2)cc1. The quantitative estimate of drug-likeness (QED) is 0.270. The molecule has 3 aromatic carbocycles. The van der Waals surface area contributed by atoms with Gasteiger partial charge in [-0.1, -0.05) is 61.7 Å². The van der Waals surface area contributed by atoms with Crippen molar-refractivity contribution >= 4 is 17.8 Å². The van der Waals surface area contributed by atoms with Crippen LogP contribution >= 0.6 is 0 Å². The summed E-state index contributed by atoms with van der Waals surface area (Å²) in [4.78, 5) is 42.2. The number of carbonyl (C=O) groups excluding carboxylic acids is 2. The molecule has 7 nitrogen and oxygen atoms in total. The summed E-state index contributed by atoms with van der Waals surface area (Å²) in [5.74, 6) is -1.44. The van der Waals surface area contributed by atoms with Crippen molar-refractivity contribution in [3.8, 4) is 5.75 Å². The average Bonchev–Trinajstić information content (AvgIpc) is 2.90. The Balaban J connectivity index is 1.41. The van der Waals surface area contributed by atoms with E-state index in [9.17, 15) is 19.5 Å². The van der Waals surface area contributed by atoms with Crippen LogP contribution in [0.1, 0.15) is 63.9 Å². The maximum atomic E-state index is 13.4. The van der Waals surface area contributed by atoms with E-state index in [1.54, 1.807) is 36.4 Å². The number of hydrogen-bond donors (Lipinski definition) is 2. The Morgan fingerprint density at radius 3 is 2.06 bits per heavy atom. The monoisotopic (exact) mass is 473 g/mol. The molecule has 0 saturated heterocycles. The highest BCUT2D eigenvalue weighted by molar-refractivity contribution is 5.93. The van der Waals surface area contributed by atoms with Gasteiger partial charge in [0.1, 0.15) is 5.75 Å². The second kappa shape index (κ2) is 11.0. The molecule has 1 aliphatic carbocycles. The summed E-state index contributed by atoms with van der Waals surface area (Å²) in [6.07, 6.45) is 4.09. The Kier molecular flexibility index (Phi) is 7.57. The van der Waals surface area contributed by atoms with Gasteiger partial charge in [0.05, 0.1) is 17.6 Å². The van der Waals surface area contributed by atoms with Crippen LogP contribution < -0.4 is 10.2 Å². The predicted molar refractivity (Wildman–Crippen MR) is 129 cm³/mol. The van der Waals surface area contributed by atoms with E-state index in [0.717, 1.165) is 30.4 Å². The molecule has 4 rings (SSSR count). The molecule has 1 saturated carbocycles. The zero-order valence-electron chi connectivity index (χ0n) is 19.2. The molecule has 0 spiro atoms. The first-order chi connectivity index (χ1) is 17.0. The molecule has 180 valence electrons. The second-order valence-electron chi connectivity index (χ2n) is 8.64. The third kappa shape index (κ3) is 5.75. The van der Waals surface area contributed by atoms with Gasteiger partial charge in [-0.15, -0.1) is 0 Å². The van der Waals surface area contributed by atoms with Gasteiger partial charge in [-0.3, -0.25) is 14.4 Å². The molecule has 0 atom stereocenters. The fraction of sp³-hybridized carbons (Fsp3) is 0.250. The molecule has 35 heavy (non-hydrogen) atoms. The number of ether oxygens (including phenoxy) is 1. The van der Waals surface area contributed by atoms with Gasteiger partial charge in [-0.05, 0) is 60.4 Å². The van der Waals surface area contributed by atoms with Crippen LogP contribution in [-0.2, 0) is 21.7 Å². The third-order valence-electron chi connectivity index (χ3n) is 6.36. The number of nitrogens with one attached hydrogen (secondary N) is 1. The number of amides is 1. The molecule has 3 aromatic rings. The summed E-state index contributed by atoms with van der Waals surface area (Å²) in [7, 11) is 0. The Labute approximate surface area is 203 Å². The molecule has 7 heteroatoms. The molecule has 0 heterocycles. The molecule has 0 radical (unpaired) electrons. The summed E-state index contributed by atoms with van der Waals surface area (Å²) in [5.41, 5.74) is 3.83. The van der Waals surface area contributed by atoms with Gasteiger partial charge in [0, 0.05) is 5.56 Å². The summed E-state index contributed by atoms with van der Waals surface area (Å²) in [6, 6.07) is 22.2. The van der Waals surface area contributed by atoms with Gasteiger partial charge in [0.15, 0.2) is 0 Å². The number of aromatic carboxylic acids is 1. The number of carboxylic acids is 1. The highest BCUT2D eigenvalue weighted by Gasteiger charge is 2.43. The van der Waals surface area contributed by atoms with E-state index in [-0.39, 0.29) is 18.1 Å². The zero-order valence-corrected chi connectivity index (χ0v) is 19.2. The van der Waals surface area contributed by atoms with Crippen LogP contribution in [0, 0.1) is 0 Å². The highest BCUT2D eigenvalue weighted by Crippen LogP contribution is 2.41. The van der Waals surface area contributed by atoms with Crippen LogP contribution in [-0.4, -0.2) is 23.0 Å². The summed E-state index contributed by atoms with van der Waals surface area (Å²) in [6.45, 7) is 0.248. The summed E-state index contributed by atoms with van der Waals surface area (Å²) < 4.78 is 5.74. The number of hydroxylamine groups is 1. The molecule has 1 fully saturated rings. The van der Waals surface area contributed by atoms with Crippen LogP contribution in [0.3, 0.4) is 0 Å². The topological polar surface area (TPSA) is 102 Å². The minimum atomic E-state index is -1.01. The molecule has 2 N–H and O–H groups in total. The summed E-state index contributed by atoms with van der Waals surface area (Å²) >= 11 is 0. The van der Waals surface area contributed by atoms with E-state index in [0.29, 0.717) is 24.2 Å². The van der Waals surface area contributed by atoms with Crippen molar-refractivity contribution in [2.75, 3.05) is 0 Å². The molecule has 0 aromatic heterocycles. The number of esters is 1. The minimum absolute atomic E-state index is 0.176. The average molecular weight is 474 g/mol. The van der Waals surface area contributed by atoms with Gasteiger partial charge in [0.25, 0.3) is 5.91 Å². The fourth-order valence-corrected chi connectivity index (χ4v) is 4.40. The van der Waals surface area contributed by atoms with E-state index in [2.05, 4.69) is 5.48 Å². The van der Waals surface area contributed by atoms with Crippen LogP contribution in [0.15, 0.2) is 78.9 Å². The molecule has 1 aliphatic rings. The lowest BCUT2D eigenvalue weighted by Crippen LogP contribution is -2.41. The Morgan fingerprint density at radius 2 is 1.43 bits per heavy atom. The van der Waals surface area contributed by atoms with Crippen LogP contribution in [0.5, 0.6) is 5.75 Å². The number of carbonyl (C=O) groups is 3. The van der Waals surface area contributed by atoms with Crippen LogP contribution in [0.4, 0.5) is 0 Å². The van der Waals surface area contributed by atoms with E-state index in [1.807, 2.05) is 30.3 Å². The van der Waals surface area contributed by atoms with E-state index < -0.39 is 17.3 Å². The first-order valence-corrected chi connectivity index (χ1v) is 11.6. The summed E-state index contributed by atoms with van der Waals surface area (Å²) in [5, 5.41) is 9.19. The Morgan fingerprint density at radius 1 is 0.800 bits per heavy atom. The van der Waals surface area contributed by atoms with Gasteiger partial charge in [-0.25, -0.2) is 10.3 Å². The largest absolute Gasteiger partial charge is 0.478 e. The molecule has 1 amide bonds. The fourth-order valence-electron chi connectivity index (χ4n) is 4.40. The number of hydrogen-bond acceptors (Lipinski definition) is 5. The molecule has 0 bridgehead atoms. The molecule has 0 unspecified atom stereocenters. The van der Waals surface area contributed by atoms with Crippen molar-refractivity contribution in [3.05, 3.63) is 101 Å². The van der Waals surface area contributed by atoms with E-state index >= 15 is 0 Å². The number of carboxylic acid groups (broad SMARTS) is 1. The van der Waals surface area contributed by atoms with Crippen molar-refractivity contribution in [2.45, 2.75) is 44.1 Å². The third-order valence-corrected chi connectivity index (χ3v) is 6.36. The standard InChI is InChI=1S/C28H27NO6/c30-25(29-34-19-20-7-3-1-4-8-20)21-11-15-24(16-12-21)35-27(33)28(17-5-2-6-18-28)23-13-9-22(10-14-23)26(31)32/h1,3-4,7-16H,2,5-6,17-19H2,(H,29,30)(H,31,32). The normalized spacial score (nSPS) is 14.6. The van der Waals surface area contributed by atoms with Gasteiger partial charge in [0.2, 0.25) is 0 Å². The lowest BCUT2D eigenvalue weighted by Gasteiger charge is -2.35. The zero-order chi connectivity index (χ0) is 24.7.